The van der Waals surface area contributed by atoms with E-state index in [2.05, 4.69) is 40.4 Å². The first-order valence-electron chi connectivity index (χ1n) is 5.53. The maximum atomic E-state index is 4.23. The molecule has 2 N–H and O–H groups in total. The molecule has 0 saturated carbocycles. The van der Waals surface area contributed by atoms with Crippen LogP contribution < -0.4 is 5.32 Å². The summed E-state index contributed by atoms with van der Waals surface area (Å²) < 4.78 is 1.93. The molecule has 5 heteroatoms. The molecule has 2 aromatic heterocycles. The van der Waals surface area contributed by atoms with Crippen LogP contribution in [0.15, 0.2) is 24.8 Å². The van der Waals surface area contributed by atoms with Crippen LogP contribution in [0.1, 0.15) is 31.3 Å². The van der Waals surface area contributed by atoms with Crippen molar-refractivity contribution in [2.75, 3.05) is 0 Å². The van der Waals surface area contributed by atoms with Gasteiger partial charge in [-0.3, -0.25) is 4.68 Å². The molecule has 1 unspecified atom stereocenters. The van der Waals surface area contributed by atoms with Crippen LogP contribution in [0.4, 0.5) is 0 Å². The number of nitrogens with zero attached hydrogens (tertiary/aromatic N) is 3. The van der Waals surface area contributed by atoms with Gasteiger partial charge in [-0.15, -0.1) is 0 Å². The quantitative estimate of drug-likeness (QED) is 0.800. The first-order chi connectivity index (χ1) is 7.79. The van der Waals surface area contributed by atoms with E-state index < -0.39 is 0 Å². The van der Waals surface area contributed by atoms with Crippen molar-refractivity contribution in [2.24, 2.45) is 0 Å². The van der Waals surface area contributed by atoms with Gasteiger partial charge in [0.15, 0.2) is 0 Å². The van der Waals surface area contributed by atoms with Crippen molar-refractivity contribution >= 4 is 0 Å². The van der Waals surface area contributed by atoms with Gasteiger partial charge in [0.1, 0.15) is 5.82 Å². The van der Waals surface area contributed by atoms with Gasteiger partial charge in [-0.25, -0.2) is 4.98 Å². The number of nitrogens with one attached hydrogen (secondary N) is 2. The monoisotopic (exact) mass is 219 g/mol. The van der Waals surface area contributed by atoms with Crippen LogP contribution in [-0.2, 0) is 13.1 Å². The average molecular weight is 219 g/mol. The molecule has 0 saturated heterocycles. The molecule has 16 heavy (non-hydrogen) atoms. The van der Waals surface area contributed by atoms with E-state index in [0.717, 1.165) is 18.9 Å². The molecule has 2 rings (SSSR count). The second kappa shape index (κ2) is 4.94. The van der Waals surface area contributed by atoms with Gasteiger partial charge >= 0.3 is 0 Å². The number of aryl methyl sites for hydroxylation is 1. The third-order valence-electron chi connectivity index (χ3n) is 2.55. The van der Waals surface area contributed by atoms with E-state index in [4.69, 9.17) is 0 Å². The molecule has 0 bridgehead atoms. The van der Waals surface area contributed by atoms with Gasteiger partial charge in [-0.05, 0) is 13.8 Å². The van der Waals surface area contributed by atoms with E-state index in [0.29, 0.717) is 0 Å². The summed E-state index contributed by atoms with van der Waals surface area (Å²) in [6.45, 7) is 5.88. The van der Waals surface area contributed by atoms with E-state index >= 15 is 0 Å². The summed E-state index contributed by atoms with van der Waals surface area (Å²) in [4.78, 5) is 7.31. The summed E-state index contributed by atoms with van der Waals surface area (Å²) >= 11 is 0. The van der Waals surface area contributed by atoms with Gasteiger partial charge < -0.3 is 10.3 Å². The molecule has 2 aromatic rings. The molecule has 1 atom stereocenters. The summed E-state index contributed by atoms with van der Waals surface area (Å²) in [6, 6.07) is 0.222. The first kappa shape index (κ1) is 10.9. The van der Waals surface area contributed by atoms with E-state index in [9.17, 15) is 0 Å². The van der Waals surface area contributed by atoms with Crippen LogP contribution in [0.2, 0.25) is 0 Å². The first-order valence-corrected chi connectivity index (χ1v) is 5.53. The Morgan fingerprint density at radius 1 is 1.56 bits per heavy atom. The molecule has 2 heterocycles. The highest BCUT2D eigenvalue weighted by molar-refractivity contribution is 5.04. The number of H-pyrrole nitrogens is 1. The largest absolute Gasteiger partial charge is 0.347 e. The third kappa shape index (κ3) is 2.49. The van der Waals surface area contributed by atoms with Gasteiger partial charge in [-0.2, -0.15) is 5.10 Å². The summed E-state index contributed by atoms with van der Waals surface area (Å²) in [7, 11) is 0. The fraction of sp³-hybridized carbons (Fsp3) is 0.455. The van der Waals surface area contributed by atoms with Crippen molar-refractivity contribution in [3.05, 3.63) is 36.2 Å². The molecule has 0 aliphatic heterocycles. The minimum atomic E-state index is 0.222. The molecule has 0 radical (unpaired) electrons. The third-order valence-corrected chi connectivity index (χ3v) is 2.55. The van der Waals surface area contributed by atoms with E-state index in [1.54, 1.807) is 6.20 Å². The Morgan fingerprint density at radius 3 is 3.06 bits per heavy atom. The molecule has 86 valence electrons. The van der Waals surface area contributed by atoms with Crippen LogP contribution in [0.3, 0.4) is 0 Å². The lowest BCUT2D eigenvalue weighted by atomic mass is 10.3. The Labute approximate surface area is 94.9 Å². The minimum Gasteiger partial charge on any atom is -0.347 e. The lowest BCUT2D eigenvalue weighted by Gasteiger charge is -2.09. The minimum absolute atomic E-state index is 0.222. The molecule has 0 aliphatic rings. The van der Waals surface area contributed by atoms with Crippen molar-refractivity contribution in [3.8, 4) is 0 Å². The highest BCUT2D eigenvalue weighted by atomic mass is 15.3. The SMILES string of the molecule is CCn1cc(CNC(C)c2ncc[nH]2)cn1. The lowest BCUT2D eigenvalue weighted by molar-refractivity contribution is 0.550. The molecule has 0 spiro atoms. The summed E-state index contributed by atoms with van der Waals surface area (Å²) in [6.07, 6.45) is 7.55. The van der Waals surface area contributed by atoms with Gasteiger partial charge in [0, 0.05) is 37.2 Å². The molecule has 5 nitrogen and oxygen atoms in total. The zero-order valence-corrected chi connectivity index (χ0v) is 9.64. The maximum absolute atomic E-state index is 4.23. The van der Waals surface area contributed by atoms with Gasteiger partial charge in [0.25, 0.3) is 0 Å². The van der Waals surface area contributed by atoms with Crippen LogP contribution >= 0.6 is 0 Å². The van der Waals surface area contributed by atoms with E-state index in [-0.39, 0.29) is 6.04 Å². The Hall–Kier alpha value is -1.62. The Morgan fingerprint density at radius 2 is 2.44 bits per heavy atom. The van der Waals surface area contributed by atoms with Crippen LogP contribution in [0.25, 0.3) is 0 Å². The van der Waals surface area contributed by atoms with Crippen LogP contribution in [-0.4, -0.2) is 19.7 Å². The van der Waals surface area contributed by atoms with Crippen molar-refractivity contribution in [2.45, 2.75) is 33.0 Å². The van der Waals surface area contributed by atoms with Crippen molar-refractivity contribution in [1.82, 2.24) is 25.1 Å². The molecule has 0 amide bonds. The average Bonchev–Trinajstić information content (AvgIpc) is 2.96. The van der Waals surface area contributed by atoms with Gasteiger partial charge in [0.2, 0.25) is 0 Å². The number of rotatable bonds is 5. The Bertz CT molecular complexity index is 417. The number of hydrogen-bond donors (Lipinski definition) is 2. The predicted molar refractivity (Wildman–Crippen MR) is 61.7 cm³/mol. The zero-order chi connectivity index (χ0) is 11.4. The van der Waals surface area contributed by atoms with Gasteiger partial charge in [-0.1, -0.05) is 0 Å². The summed E-state index contributed by atoms with van der Waals surface area (Å²) in [5.41, 5.74) is 1.19. The van der Waals surface area contributed by atoms with Crippen LogP contribution in [0, 0.1) is 0 Å². The van der Waals surface area contributed by atoms with E-state index in [1.807, 2.05) is 17.1 Å². The highest BCUT2D eigenvalue weighted by Gasteiger charge is 2.07. The summed E-state index contributed by atoms with van der Waals surface area (Å²) in [5, 5.41) is 7.62. The molecule has 0 aromatic carbocycles. The highest BCUT2D eigenvalue weighted by Crippen LogP contribution is 2.07. The molecule has 0 aliphatic carbocycles. The number of aromatic nitrogens is 4. The zero-order valence-electron chi connectivity index (χ0n) is 9.64. The topological polar surface area (TPSA) is 58.5 Å². The molecule has 0 fully saturated rings. The number of imidazole rings is 1. The van der Waals surface area contributed by atoms with Gasteiger partial charge in [0.05, 0.1) is 12.2 Å². The second-order valence-electron chi connectivity index (χ2n) is 3.78. The smallest absolute Gasteiger partial charge is 0.122 e. The van der Waals surface area contributed by atoms with Crippen molar-refractivity contribution < 1.29 is 0 Å². The standard InChI is InChI=1S/C11H17N5/c1-3-16-8-10(7-15-16)6-14-9(2)11-12-4-5-13-11/h4-5,7-9,14H,3,6H2,1-2H3,(H,12,13). The Balaban J connectivity index is 1.87. The summed E-state index contributed by atoms with van der Waals surface area (Å²) in [5.74, 6) is 0.961. The van der Waals surface area contributed by atoms with Crippen molar-refractivity contribution in [1.29, 1.82) is 0 Å². The number of hydrogen-bond acceptors (Lipinski definition) is 3. The normalized spacial score (nSPS) is 12.9. The van der Waals surface area contributed by atoms with Crippen LogP contribution in [0.5, 0.6) is 0 Å². The molecular formula is C11H17N5. The second-order valence-corrected chi connectivity index (χ2v) is 3.78. The predicted octanol–water partition coefficient (Wildman–Crippen LogP) is 1.48. The van der Waals surface area contributed by atoms with E-state index in [1.165, 1.54) is 5.56 Å². The fourth-order valence-electron chi connectivity index (χ4n) is 1.55. The van der Waals surface area contributed by atoms with Crippen molar-refractivity contribution in [3.63, 3.8) is 0 Å². The Kier molecular flexibility index (Phi) is 3.36. The fourth-order valence-corrected chi connectivity index (χ4v) is 1.55. The maximum Gasteiger partial charge on any atom is 0.122 e. The molecular weight excluding hydrogens is 202 g/mol. The lowest BCUT2D eigenvalue weighted by Crippen LogP contribution is -2.18. The number of aromatic amines is 1.